The highest BCUT2D eigenvalue weighted by molar-refractivity contribution is 8.01. The van der Waals surface area contributed by atoms with Crippen LogP contribution in [0, 0.1) is 0 Å². The number of hydrogen-bond donors (Lipinski definition) is 0. The molecule has 0 aliphatic carbocycles. The minimum Gasteiger partial charge on any atom is -0.458 e. The molecule has 0 radical (unpaired) electrons. The van der Waals surface area contributed by atoms with Crippen molar-refractivity contribution in [1.29, 1.82) is 0 Å². The molecule has 3 unspecified atom stereocenters. The van der Waals surface area contributed by atoms with Crippen molar-refractivity contribution in [1.82, 2.24) is 0 Å². The van der Waals surface area contributed by atoms with Gasteiger partial charge in [-0.05, 0) is 19.3 Å². The summed E-state index contributed by atoms with van der Waals surface area (Å²) >= 11 is 2.03. The van der Waals surface area contributed by atoms with E-state index in [1.807, 2.05) is 11.8 Å². The second-order valence-electron chi connectivity index (χ2n) is 4.04. The maximum absolute atomic E-state index is 11.0. The highest BCUT2D eigenvalue weighted by Crippen LogP contribution is 2.54. The van der Waals surface area contributed by atoms with E-state index in [0.29, 0.717) is 5.25 Å². The third-order valence-electron chi connectivity index (χ3n) is 3.21. The molecule has 2 bridgehead atoms. The number of ether oxygens (including phenoxy) is 1. The Hall–Kier alpha value is -0.180. The number of rotatable bonds is 2. The molecule has 3 heteroatoms. The largest absolute Gasteiger partial charge is 0.458 e. The Morgan fingerprint density at radius 1 is 1.62 bits per heavy atom. The van der Waals surface area contributed by atoms with E-state index in [2.05, 4.69) is 6.92 Å². The molecule has 2 heterocycles. The van der Waals surface area contributed by atoms with E-state index < -0.39 is 0 Å². The zero-order chi connectivity index (χ0) is 9.47. The summed E-state index contributed by atoms with van der Waals surface area (Å²) in [5.41, 5.74) is -0.112. The molecule has 0 saturated carbocycles. The summed E-state index contributed by atoms with van der Waals surface area (Å²) in [5, 5.41) is 1.33. The number of fused-ring (bicyclic) bond motifs is 2. The lowest BCUT2D eigenvalue weighted by atomic mass is 9.83. The minimum atomic E-state index is -0.116. The lowest BCUT2D eigenvalue weighted by Crippen LogP contribution is -2.42. The molecule has 2 nitrogen and oxygen atoms in total. The fraction of sp³-hybridized carbons (Fsp3) is 0.900. The molecule has 2 aliphatic rings. The molecule has 0 aromatic rings. The van der Waals surface area contributed by atoms with Gasteiger partial charge in [-0.25, -0.2) is 0 Å². The molecular formula is C10H16O2S. The molecule has 2 aliphatic heterocycles. The van der Waals surface area contributed by atoms with E-state index in [1.165, 1.54) is 19.8 Å². The van der Waals surface area contributed by atoms with Crippen LogP contribution in [0.3, 0.4) is 0 Å². The van der Waals surface area contributed by atoms with Crippen molar-refractivity contribution in [3.8, 4) is 0 Å². The Labute approximate surface area is 83.4 Å². The number of thioether (sulfide) groups is 1. The highest BCUT2D eigenvalue weighted by Gasteiger charge is 2.53. The summed E-state index contributed by atoms with van der Waals surface area (Å²) in [4.78, 5) is 11.0. The Kier molecular flexibility index (Phi) is 2.30. The fourth-order valence-electron chi connectivity index (χ4n) is 2.60. The fourth-order valence-corrected chi connectivity index (χ4v) is 4.54. The zero-order valence-electron chi connectivity index (χ0n) is 8.21. The van der Waals surface area contributed by atoms with E-state index in [0.717, 1.165) is 18.1 Å². The first-order valence-electron chi connectivity index (χ1n) is 5.01. The lowest BCUT2D eigenvalue weighted by molar-refractivity contribution is -0.158. The van der Waals surface area contributed by atoms with E-state index in [1.54, 1.807) is 0 Å². The second-order valence-corrected chi connectivity index (χ2v) is 5.55. The van der Waals surface area contributed by atoms with Crippen LogP contribution in [0.1, 0.15) is 39.5 Å². The number of carbonyl (C=O) groups is 1. The van der Waals surface area contributed by atoms with Crippen molar-refractivity contribution < 1.29 is 9.53 Å². The van der Waals surface area contributed by atoms with Gasteiger partial charge in [0, 0.05) is 23.8 Å². The van der Waals surface area contributed by atoms with Crippen molar-refractivity contribution in [2.24, 2.45) is 0 Å². The molecule has 0 aromatic heterocycles. The van der Waals surface area contributed by atoms with Gasteiger partial charge in [0.15, 0.2) is 0 Å². The van der Waals surface area contributed by atoms with Gasteiger partial charge in [0.25, 0.3) is 0 Å². The minimum absolute atomic E-state index is 0.112. The Morgan fingerprint density at radius 3 is 2.77 bits per heavy atom. The van der Waals surface area contributed by atoms with E-state index in [4.69, 9.17) is 4.74 Å². The molecule has 0 N–H and O–H groups in total. The van der Waals surface area contributed by atoms with Gasteiger partial charge in [-0.1, -0.05) is 6.92 Å². The van der Waals surface area contributed by atoms with Gasteiger partial charge in [-0.15, -0.1) is 0 Å². The molecule has 0 amide bonds. The quantitative estimate of drug-likeness (QED) is 0.640. The van der Waals surface area contributed by atoms with Crippen molar-refractivity contribution in [2.75, 3.05) is 0 Å². The molecule has 0 aromatic carbocycles. The van der Waals surface area contributed by atoms with Crippen molar-refractivity contribution in [2.45, 2.75) is 55.6 Å². The van der Waals surface area contributed by atoms with Gasteiger partial charge in [-0.2, -0.15) is 11.8 Å². The Balaban J connectivity index is 2.12. The predicted molar refractivity (Wildman–Crippen MR) is 53.8 cm³/mol. The van der Waals surface area contributed by atoms with Crippen LogP contribution in [0.25, 0.3) is 0 Å². The van der Waals surface area contributed by atoms with Crippen LogP contribution in [0.15, 0.2) is 0 Å². The van der Waals surface area contributed by atoms with Crippen molar-refractivity contribution >= 4 is 17.7 Å². The first-order chi connectivity index (χ1) is 6.16. The van der Waals surface area contributed by atoms with Crippen LogP contribution in [-0.4, -0.2) is 22.1 Å². The van der Waals surface area contributed by atoms with Gasteiger partial charge >= 0.3 is 5.97 Å². The molecule has 13 heavy (non-hydrogen) atoms. The maximum atomic E-state index is 11.0. The monoisotopic (exact) mass is 200 g/mol. The molecule has 2 fully saturated rings. The molecule has 2 rings (SSSR count). The average Bonchev–Trinajstić information content (AvgIpc) is 2.62. The summed E-state index contributed by atoms with van der Waals surface area (Å²) in [5.74, 6) is -0.116. The zero-order valence-corrected chi connectivity index (χ0v) is 9.02. The van der Waals surface area contributed by atoms with Crippen molar-refractivity contribution in [3.05, 3.63) is 0 Å². The average molecular weight is 200 g/mol. The van der Waals surface area contributed by atoms with E-state index in [-0.39, 0.29) is 11.6 Å². The maximum Gasteiger partial charge on any atom is 0.303 e. The highest BCUT2D eigenvalue weighted by atomic mass is 32.2. The summed E-state index contributed by atoms with van der Waals surface area (Å²) < 4.78 is 5.52. The predicted octanol–water partition coefficient (Wildman–Crippen LogP) is 2.37. The standard InChI is InChI=1S/C10H16O2S/c1-3-10(12-7(2)11)6-8-4-5-9(10)13-8/h8-9H,3-6H2,1-2H3. The van der Waals surface area contributed by atoms with Gasteiger partial charge in [0.2, 0.25) is 0 Å². The molecule has 74 valence electrons. The topological polar surface area (TPSA) is 26.3 Å². The first kappa shape index (κ1) is 9.38. The van der Waals surface area contributed by atoms with Crippen molar-refractivity contribution in [3.63, 3.8) is 0 Å². The first-order valence-corrected chi connectivity index (χ1v) is 5.95. The summed E-state index contributed by atoms with van der Waals surface area (Å²) in [6, 6.07) is 0. The third-order valence-corrected chi connectivity index (χ3v) is 4.99. The SMILES string of the molecule is CCC1(OC(C)=O)CC2CCC1S2. The van der Waals surface area contributed by atoms with Gasteiger partial charge in [-0.3, -0.25) is 4.79 Å². The molecule has 2 saturated heterocycles. The number of esters is 1. The van der Waals surface area contributed by atoms with E-state index in [9.17, 15) is 4.79 Å². The van der Waals surface area contributed by atoms with Crippen LogP contribution < -0.4 is 0 Å². The lowest BCUT2D eigenvalue weighted by Gasteiger charge is -2.34. The molecular weight excluding hydrogens is 184 g/mol. The summed E-state index contributed by atoms with van der Waals surface area (Å²) in [7, 11) is 0. The van der Waals surface area contributed by atoms with Crippen LogP contribution >= 0.6 is 11.8 Å². The number of hydrogen-bond acceptors (Lipinski definition) is 3. The van der Waals surface area contributed by atoms with Gasteiger partial charge in [0.05, 0.1) is 0 Å². The summed E-state index contributed by atoms with van der Waals surface area (Å²) in [6.45, 7) is 3.65. The van der Waals surface area contributed by atoms with Crippen LogP contribution in [-0.2, 0) is 9.53 Å². The van der Waals surface area contributed by atoms with E-state index >= 15 is 0 Å². The third kappa shape index (κ3) is 1.47. The van der Waals surface area contributed by atoms with Gasteiger partial charge < -0.3 is 4.74 Å². The molecule has 3 atom stereocenters. The second kappa shape index (κ2) is 3.19. The van der Waals surface area contributed by atoms with Crippen LogP contribution in [0.5, 0.6) is 0 Å². The normalized spacial score (nSPS) is 42.3. The van der Waals surface area contributed by atoms with Crippen LogP contribution in [0.2, 0.25) is 0 Å². The smallest absolute Gasteiger partial charge is 0.303 e. The summed E-state index contributed by atoms with van der Waals surface area (Å²) in [6.07, 6.45) is 4.61. The molecule has 0 spiro atoms. The number of carbonyl (C=O) groups excluding carboxylic acids is 1. The van der Waals surface area contributed by atoms with Crippen LogP contribution in [0.4, 0.5) is 0 Å². The van der Waals surface area contributed by atoms with Gasteiger partial charge in [0.1, 0.15) is 5.60 Å². The Morgan fingerprint density at radius 2 is 2.38 bits per heavy atom. The Bertz CT molecular complexity index is 229.